The third kappa shape index (κ3) is 8.28. The number of allylic oxidation sites excluding steroid dienone is 1. The monoisotopic (exact) mass is 749 g/mol. The maximum Gasteiger partial charge on any atom is 0.353 e. The Labute approximate surface area is 307 Å². The number of unbranched alkanes of at least 4 members (excludes halogenated alkanes) is 1. The molecule has 278 valence electrons. The molecule has 2 aliphatic rings. The highest BCUT2D eigenvalue weighted by Gasteiger charge is 2.53. The molecule has 0 saturated carbocycles. The van der Waals surface area contributed by atoms with E-state index in [9.17, 15) is 54.3 Å². The highest BCUT2D eigenvalue weighted by molar-refractivity contribution is 6.32. The van der Waals surface area contributed by atoms with Gasteiger partial charge in [-0.3, -0.25) is 28.9 Å². The number of benzene rings is 3. The van der Waals surface area contributed by atoms with Crippen LogP contribution in [0, 0.1) is 0 Å². The molecule has 2 aliphatic heterocycles. The lowest BCUT2D eigenvalue weighted by atomic mass is 9.86. The lowest BCUT2D eigenvalue weighted by molar-refractivity contribution is -0.156. The summed E-state index contributed by atoms with van der Waals surface area (Å²) in [7, 11) is 0. The van der Waals surface area contributed by atoms with E-state index in [1.54, 1.807) is 30.3 Å². The normalized spacial score (nSPS) is 16.8. The van der Waals surface area contributed by atoms with Gasteiger partial charge in [0.1, 0.15) is 17.8 Å². The molecule has 1 saturated heterocycles. The Balaban J connectivity index is 1.27. The number of nitrogens with zero attached hydrogens (tertiary/aromatic N) is 2. The number of β-lactam (4-membered cyclic amide) rings is 1. The minimum absolute atomic E-state index is 0.0257. The van der Waals surface area contributed by atoms with Crippen molar-refractivity contribution in [2.45, 2.75) is 43.8 Å². The van der Waals surface area contributed by atoms with Crippen LogP contribution in [0.1, 0.15) is 58.0 Å². The van der Waals surface area contributed by atoms with E-state index in [2.05, 4.69) is 16.0 Å². The van der Waals surface area contributed by atoms with Gasteiger partial charge in [-0.05, 0) is 55.5 Å². The number of phenolic OH excluding ortho intramolecular Hbond substituents is 4. The van der Waals surface area contributed by atoms with Gasteiger partial charge in [0.05, 0.1) is 23.7 Å². The first-order valence-electron chi connectivity index (χ1n) is 16.5. The van der Waals surface area contributed by atoms with Crippen LogP contribution in [0.15, 0.2) is 77.5 Å². The van der Waals surface area contributed by atoms with Gasteiger partial charge < -0.3 is 46.4 Å². The van der Waals surface area contributed by atoms with Crippen LogP contribution in [0.5, 0.6) is 23.0 Å². The number of carboxylic acids is 1. The van der Waals surface area contributed by atoms with E-state index in [1.807, 2.05) is 0 Å². The summed E-state index contributed by atoms with van der Waals surface area (Å²) in [6, 6.07) is 12.7. The second-order valence-corrected chi connectivity index (χ2v) is 12.8. The summed E-state index contributed by atoms with van der Waals surface area (Å²) >= 11 is 6.07. The number of carbonyl (C=O) groups excluding carboxylic acids is 5. The number of rotatable bonds is 14. The van der Waals surface area contributed by atoms with Crippen LogP contribution < -0.4 is 16.0 Å². The fraction of sp³-hybridized carbons (Fsp3) is 0.278. The fourth-order valence-corrected chi connectivity index (χ4v) is 6.43. The van der Waals surface area contributed by atoms with Crippen molar-refractivity contribution >= 4 is 47.1 Å². The molecule has 5 rings (SSSR count). The Morgan fingerprint density at radius 3 is 2.17 bits per heavy atom. The molecule has 3 atom stereocenters. The van der Waals surface area contributed by atoms with Crippen LogP contribution in [0.25, 0.3) is 0 Å². The zero-order valence-electron chi connectivity index (χ0n) is 28.0. The molecule has 0 spiro atoms. The Hall–Kier alpha value is -6.29. The largest absolute Gasteiger partial charge is 0.504 e. The van der Waals surface area contributed by atoms with Crippen LogP contribution in [0.4, 0.5) is 0 Å². The maximum atomic E-state index is 13.7. The number of amides is 5. The zero-order chi connectivity index (χ0) is 38.4. The molecule has 0 radical (unpaired) electrons. The smallest absolute Gasteiger partial charge is 0.353 e. The molecule has 0 aliphatic carbocycles. The van der Waals surface area contributed by atoms with E-state index in [-0.39, 0.29) is 54.2 Å². The highest BCUT2D eigenvalue weighted by atomic mass is 35.5. The summed E-state index contributed by atoms with van der Waals surface area (Å²) in [6.07, 6.45) is 1.01. The minimum atomic E-state index is -1.37. The van der Waals surface area contributed by atoms with Gasteiger partial charge in [0.2, 0.25) is 11.8 Å². The van der Waals surface area contributed by atoms with Gasteiger partial charge in [-0.25, -0.2) is 4.79 Å². The standard InChI is InChI=1S/C36H36ClN5O11/c37-22-14-15-23-28(35(51)42(23)29(22)36(52)53)40-33(49)27(19-8-2-1-3-9-19)39-26(45)18-41(34(50)21-11-7-13-25(44)31(21)47)17-5-4-16-38-32(48)20-10-6-12-24(43)30(20)46/h1-3,6-13,23,27-28,43-44,46-47H,4-5,14-18H2,(H,38,48)(H,39,45)(H,40,49)(H,52,53)/t23-,27-,28+/m1/s1. The highest BCUT2D eigenvalue weighted by Crippen LogP contribution is 2.38. The zero-order valence-corrected chi connectivity index (χ0v) is 28.7. The summed E-state index contributed by atoms with van der Waals surface area (Å²) in [5, 5.41) is 57.5. The first kappa shape index (κ1) is 38.0. The lowest BCUT2D eigenvalue weighted by Crippen LogP contribution is -2.72. The number of carbonyl (C=O) groups is 6. The molecule has 2 heterocycles. The van der Waals surface area contributed by atoms with Crippen LogP contribution in [0.3, 0.4) is 0 Å². The fourth-order valence-electron chi connectivity index (χ4n) is 6.15. The van der Waals surface area contributed by atoms with E-state index in [0.29, 0.717) is 12.0 Å². The van der Waals surface area contributed by atoms with Gasteiger partial charge in [0, 0.05) is 18.1 Å². The molecule has 5 amide bonds. The molecule has 17 heteroatoms. The predicted molar refractivity (Wildman–Crippen MR) is 187 cm³/mol. The number of nitrogens with one attached hydrogen (secondary N) is 3. The summed E-state index contributed by atoms with van der Waals surface area (Å²) in [5.41, 5.74) is -0.430. The number of hydrogen-bond donors (Lipinski definition) is 8. The molecule has 0 unspecified atom stereocenters. The number of fused-ring (bicyclic) bond motifs is 1. The number of hydrogen-bond acceptors (Lipinski definition) is 10. The van der Waals surface area contributed by atoms with Gasteiger partial charge in [-0.1, -0.05) is 54.1 Å². The van der Waals surface area contributed by atoms with Crippen molar-refractivity contribution in [3.63, 3.8) is 0 Å². The molecular formula is C36H36ClN5O11. The Kier molecular flexibility index (Phi) is 11.7. The predicted octanol–water partition coefficient (Wildman–Crippen LogP) is 2.04. The minimum Gasteiger partial charge on any atom is -0.504 e. The Morgan fingerprint density at radius 2 is 1.51 bits per heavy atom. The van der Waals surface area contributed by atoms with Crippen molar-refractivity contribution in [3.8, 4) is 23.0 Å². The second kappa shape index (κ2) is 16.4. The van der Waals surface area contributed by atoms with Crippen LogP contribution in [0.2, 0.25) is 0 Å². The van der Waals surface area contributed by atoms with Crippen molar-refractivity contribution in [2.75, 3.05) is 19.6 Å². The van der Waals surface area contributed by atoms with E-state index in [1.165, 1.54) is 36.4 Å². The molecule has 0 bridgehead atoms. The van der Waals surface area contributed by atoms with Crippen LogP contribution >= 0.6 is 11.6 Å². The van der Waals surface area contributed by atoms with Gasteiger partial charge in [0.15, 0.2) is 23.0 Å². The van der Waals surface area contributed by atoms with E-state index < -0.39 is 83.2 Å². The SMILES string of the molecule is O=C(CN(CCCCNC(=O)c1cccc(O)c1O)C(=O)c1cccc(O)c1O)N[C@@H](C(=O)N[C@@H]1C(=O)N2C(C(=O)O)=C(Cl)CC[C@H]12)c1ccccc1. The molecular weight excluding hydrogens is 714 g/mol. The summed E-state index contributed by atoms with van der Waals surface area (Å²) < 4.78 is 0. The van der Waals surface area contributed by atoms with E-state index in [0.717, 1.165) is 9.80 Å². The quantitative estimate of drug-likeness (QED) is 0.0673. The third-order valence-electron chi connectivity index (χ3n) is 8.84. The average molecular weight is 750 g/mol. The number of phenols is 4. The van der Waals surface area contributed by atoms with Crippen molar-refractivity contribution in [3.05, 3.63) is 94.1 Å². The lowest BCUT2D eigenvalue weighted by Gasteiger charge is -2.49. The molecule has 53 heavy (non-hydrogen) atoms. The molecule has 16 nitrogen and oxygen atoms in total. The molecule has 1 fully saturated rings. The number of halogens is 1. The summed E-state index contributed by atoms with van der Waals surface area (Å²) in [5.74, 6) is -7.38. The number of para-hydroxylation sites is 2. The first-order chi connectivity index (χ1) is 25.3. The molecule has 8 N–H and O–H groups in total. The van der Waals surface area contributed by atoms with Gasteiger partial charge in [-0.15, -0.1) is 0 Å². The van der Waals surface area contributed by atoms with E-state index >= 15 is 0 Å². The van der Waals surface area contributed by atoms with Crippen molar-refractivity contribution in [1.82, 2.24) is 25.8 Å². The van der Waals surface area contributed by atoms with Gasteiger partial charge >= 0.3 is 5.97 Å². The van der Waals surface area contributed by atoms with E-state index in [4.69, 9.17) is 11.6 Å². The molecule has 3 aromatic carbocycles. The van der Waals surface area contributed by atoms with Crippen molar-refractivity contribution < 1.29 is 54.3 Å². The van der Waals surface area contributed by atoms with Gasteiger partial charge in [0.25, 0.3) is 17.7 Å². The molecule has 3 aromatic rings. The second-order valence-electron chi connectivity index (χ2n) is 12.3. The first-order valence-corrected chi connectivity index (χ1v) is 16.9. The van der Waals surface area contributed by atoms with Gasteiger partial charge in [-0.2, -0.15) is 0 Å². The van der Waals surface area contributed by atoms with Crippen molar-refractivity contribution in [1.29, 1.82) is 0 Å². The van der Waals surface area contributed by atoms with Crippen LogP contribution in [-0.4, -0.2) is 103 Å². The van der Waals surface area contributed by atoms with Crippen molar-refractivity contribution in [2.24, 2.45) is 0 Å². The Morgan fingerprint density at radius 1 is 0.868 bits per heavy atom. The van der Waals surface area contributed by atoms with Crippen LogP contribution in [-0.2, 0) is 19.2 Å². The Bertz CT molecular complexity index is 1970. The average Bonchev–Trinajstić information content (AvgIpc) is 3.14. The topological polar surface area (TPSA) is 246 Å². The number of aromatic hydroxyl groups is 4. The number of aliphatic carboxylic acids is 1. The summed E-state index contributed by atoms with van der Waals surface area (Å²) in [4.78, 5) is 80.3. The summed E-state index contributed by atoms with van der Waals surface area (Å²) in [6.45, 7) is -0.602. The third-order valence-corrected chi connectivity index (χ3v) is 9.21. The number of carboxylic acid groups (broad SMARTS) is 1. The molecule has 0 aromatic heterocycles. The maximum absolute atomic E-state index is 13.7.